The molecule has 0 bridgehead atoms. The summed E-state index contributed by atoms with van der Waals surface area (Å²) in [4.78, 5) is 10.5. The molecule has 1 rings (SSSR count). The van der Waals surface area contributed by atoms with Crippen LogP contribution >= 0.6 is 0 Å². The fourth-order valence-electron chi connectivity index (χ4n) is 1.35. The molecular formula is C9H5F6NO2. The number of carboxylic acid groups (broad SMARTS) is 1. The van der Waals surface area contributed by atoms with Crippen molar-refractivity contribution in [1.29, 1.82) is 0 Å². The first kappa shape index (κ1) is 14.1. The van der Waals surface area contributed by atoms with Gasteiger partial charge in [-0.25, -0.2) is 4.79 Å². The van der Waals surface area contributed by atoms with Gasteiger partial charge in [0.2, 0.25) is 0 Å². The van der Waals surface area contributed by atoms with Gasteiger partial charge < -0.3 is 10.8 Å². The fourth-order valence-corrected chi connectivity index (χ4v) is 1.35. The van der Waals surface area contributed by atoms with Gasteiger partial charge in [0.25, 0.3) is 0 Å². The van der Waals surface area contributed by atoms with Gasteiger partial charge in [0.15, 0.2) is 0 Å². The number of anilines is 1. The summed E-state index contributed by atoms with van der Waals surface area (Å²) in [6.07, 6.45) is -10.7. The first-order valence-electron chi connectivity index (χ1n) is 4.26. The largest absolute Gasteiger partial charge is 0.478 e. The van der Waals surface area contributed by atoms with Crippen LogP contribution in [0.15, 0.2) is 12.1 Å². The molecule has 0 radical (unpaired) electrons. The first-order valence-corrected chi connectivity index (χ1v) is 4.26. The van der Waals surface area contributed by atoms with Crippen molar-refractivity contribution in [3.8, 4) is 0 Å². The zero-order valence-corrected chi connectivity index (χ0v) is 8.36. The van der Waals surface area contributed by atoms with Crippen LogP contribution in [0.3, 0.4) is 0 Å². The second kappa shape index (κ2) is 4.07. The normalized spacial score (nSPS) is 12.6. The molecule has 0 aliphatic rings. The van der Waals surface area contributed by atoms with Crippen LogP contribution in [-0.2, 0) is 12.4 Å². The molecule has 0 atom stereocenters. The van der Waals surface area contributed by atoms with Crippen LogP contribution in [0, 0.1) is 0 Å². The van der Waals surface area contributed by atoms with E-state index in [1.54, 1.807) is 0 Å². The highest BCUT2D eigenvalue weighted by Gasteiger charge is 2.45. The summed E-state index contributed by atoms with van der Waals surface area (Å²) in [7, 11) is 0. The van der Waals surface area contributed by atoms with Crippen LogP contribution in [-0.4, -0.2) is 11.1 Å². The third-order valence-corrected chi connectivity index (χ3v) is 2.06. The van der Waals surface area contributed by atoms with E-state index in [9.17, 15) is 31.1 Å². The minimum atomic E-state index is -5.40. The lowest BCUT2D eigenvalue weighted by atomic mass is 10.00. The lowest BCUT2D eigenvalue weighted by molar-refractivity contribution is -0.161. The number of hydrogen-bond donors (Lipinski definition) is 2. The number of rotatable bonds is 1. The molecule has 3 N–H and O–H groups in total. The van der Waals surface area contributed by atoms with Crippen LogP contribution in [0.5, 0.6) is 0 Å². The van der Waals surface area contributed by atoms with Gasteiger partial charge in [0.1, 0.15) is 0 Å². The van der Waals surface area contributed by atoms with Gasteiger partial charge in [-0.05, 0) is 12.1 Å². The highest BCUT2D eigenvalue weighted by atomic mass is 19.4. The van der Waals surface area contributed by atoms with Gasteiger partial charge in [-0.3, -0.25) is 0 Å². The van der Waals surface area contributed by atoms with E-state index in [-0.39, 0.29) is 6.07 Å². The highest BCUT2D eigenvalue weighted by Crippen LogP contribution is 2.44. The van der Waals surface area contributed by atoms with Crippen molar-refractivity contribution >= 4 is 11.7 Å². The van der Waals surface area contributed by atoms with Crippen molar-refractivity contribution in [1.82, 2.24) is 0 Å². The number of nitrogens with two attached hydrogens (primary N) is 1. The van der Waals surface area contributed by atoms with Crippen LogP contribution in [0.4, 0.5) is 32.0 Å². The summed E-state index contributed by atoms with van der Waals surface area (Å²) < 4.78 is 74.7. The molecule has 9 heteroatoms. The molecular weight excluding hydrogens is 268 g/mol. The van der Waals surface area contributed by atoms with Crippen molar-refractivity contribution in [2.45, 2.75) is 12.4 Å². The quantitative estimate of drug-likeness (QED) is 0.610. The van der Waals surface area contributed by atoms with Gasteiger partial charge >= 0.3 is 18.3 Å². The monoisotopic (exact) mass is 273 g/mol. The smallest absolute Gasteiger partial charge is 0.419 e. The minimum Gasteiger partial charge on any atom is -0.478 e. The molecule has 0 aromatic heterocycles. The molecule has 1 aromatic carbocycles. The average molecular weight is 273 g/mol. The molecule has 0 fully saturated rings. The Balaban J connectivity index is 3.69. The maximum Gasteiger partial charge on any atom is 0.419 e. The number of benzene rings is 1. The standard InChI is InChI=1S/C9H5F6NO2/c10-8(11,12)4-2-1-3(7(17)18)6(16)5(4)9(13,14)15/h1-2H,16H2,(H,17,18). The van der Waals surface area contributed by atoms with E-state index in [1.807, 2.05) is 0 Å². The Morgan fingerprint density at radius 3 is 1.89 bits per heavy atom. The Labute approximate surface area is 95.8 Å². The van der Waals surface area contributed by atoms with Crippen molar-refractivity contribution in [3.05, 3.63) is 28.8 Å². The Bertz CT molecular complexity index is 491. The summed E-state index contributed by atoms with van der Waals surface area (Å²) in [6.45, 7) is 0. The van der Waals surface area contributed by atoms with E-state index in [1.165, 1.54) is 0 Å². The fraction of sp³-hybridized carbons (Fsp3) is 0.222. The zero-order chi connectivity index (χ0) is 14.3. The number of nitrogen functional groups attached to an aromatic ring is 1. The van der Waals surface area contributed by atoms with E-state index in [0.29, 0.717) is 6.07 Å². The highest BCUT2D eigenvalue weighted by molar-refractivity contribution is 5.94. The van der Waals surface area contributed by atoms with E-state index >= 15 is 0 Å². The van der Waals surface area contributed by atoms with Crippen LogP contribution in [0.2, 0.25) is 0 Å². The van der Waals surface area contributed by atoms with Gasteiger partial charge in [-0.15, -0.1) is 0 Å². The van der Waals surface area contributed by atoms with E-state index < -0.39 is 40.7 Å². The molecule has 0 aliphatic carbocycles. The zero-order valence-electron chi connectivity index (χ0n) is 8.36. The summed E-state index contributed by atoms with van der Waals surface area (Å²) in [6, 6.07) is 0.429. The van der Waals surface area contributed by atoms with E-state index in [4.69, 9.17) is 10.8 Å². The SMILES string of the molecule is Nc1c(C(=O)O)ccc(C(F)(F)F)c1C(F)(F)F. The van der Waals surface area contributed by atoms with Gasteiger partial charge in [0, 0.05) is 0 Å². The molecule has 0 aliphatic heterocycles. The number of hydrogen-bond acceptors (Lipinski definition) is 2. The summed E-state index contributed by atoms with van der Waals surface area (Å²) in [5, 5.41) is 8.52. The second-order valence-corrected chi connectivity index (χ2v) is 3.25. The number of halogens is 6. The predicted octanol–water partition coefficient (Wildman–Crippen LogP) is 3.00. The maximum absolute atomic E-state index is 12.5. The first-order chi connectivity index (χ1) is 7.96. The Morgan fingerprint density at radius 2 is 1.56 bits per heavy atom. The van der Waals surface area contributed by atoms with Crippen molar-refractivity contribution in [3.63, 3.8) is 0 Å². The molecule has 0 amide bonds. The molecule has 1 aromatic rings. The third-order valence-electron chi connectivity index (χ3n) is 2.06. The van der Waals surface area contributed by atoms with Crippen LogP contribution in [0.25, 0.3) is 0 Å². The molecule has 0 heterocycles. The molecule has 3 nitrogen and oxygen atoms in total. The molecule has 0 saturated carbocycles. The topological polar surface area (TPSA) is 63.3 Å². The maximum atomic E-state index is 12.5. The van der Waals surface area contributed by atoms with Gasteiger partial charge in [-0.2, -0.15) is 26.3 Å². The van der Waals surface area contributed by atoms with Crippen molar-refractivity contribution < 1.29 is 36.2 Å². The molecule has 0 saturated heterocycles. The van der Waals surface area contributed by atoms with Crippen molar-refractivity contribution in [2.24, 2.45) is 0 Å². The van der Waals surface area contributed by atoms with Gasteiger partial charge in [-0.1, -0.05) is 0 Å². The third kappa shape index (κ3) is 2.49. The summed E-state index contributed by atoms with van der Waals surface area (Å²) >= 11 is 0. The number of carbonyl (C=O) groups is 1. The van der Waals surface area contributed by atoms with Gasteiger partial charge in [0.05, 0.1) is 22.4 Å². The van der Waals surface area contributed by atoms with Crippen molar-refractivity contribution in [2.75, 3.05) is 5.73 Å². The summed E-state index contributed by atoms with van der Waals surface area (Å²) in [5.41, 5.74) is -1.82. The Morgan fingerprint density at radius 1 is 1.06 bits per heavy atom. The number of carboxylic acids is 1. The lowest BCUT2D eigenvalue weighted by Gasteiger charge is -2.18. The number of aromatic carboxylic acids is 1. The molecule has 0 unspecified atom stereocenters. The Kier molecular flexibility index (Phi) is 3.20. The predicted molar refractivity (Wildman–Crippen MR) is 47.8 cm³/mol. The number of alkyl halides is 6. The summed E-state index contributed by atoms with van der Waals surface area (Å²) in [5.74, 6) is -1.84. The van der Waals surface area contributed by atoms with Crippen LogP contribution < -0.4 is 5.73 Å². The Hall–Kier alpha value is -1.93. The molecule has 0 spiro atoms. The van der Waals surface area contributed by atoms with E-state index in [2.05, 4.69) is 0 Å². The second-order valence-electron chi connectivity index (χ2n) is 3.25. The lowest BCUT2D eigenvalue weighted by Crippen LogP contribution is -2.20. The average Bonchev–Trinajstić information content (AvgIpc) is 2.12. The van der Waals surface area contributed by atoms with E-state index in [0.717, 1.165) is 0 Å². The minimum absolute atomic E-state index is 0.0443. The molecule has 18 heavy (non-hydrogen) atoms. The molecule has 100 valence electrons. The van der Waals surface area contributed by atoms with Crippen LogP contribution in [0.1, 0.15) is 21.5 Å².